The lowest BCUT2D eigenvalue weighted by molar-refractivity contribution is -0.673. The molecular weight excluding hydrogens is 364 g/mol. The van der Waals surface area contributed by atoms with Gasteiger partial charge in [0.25, 0.3) is 5.82 Å². The Morgan fingerprint density at radius 1 is 0.897 bits per heavy atom. The second kappa shape index (κ2) is 7.80. The van der Waals surface area contributed by atoms with E-state index in [9.17, 15) is 4.79 Å². The molecule has 5 nitrogen and oxygen atoms in total. The summed E-state index contributed by atoms with van der Waals surface area (Å²) in [7, 11) is 3.29. The van der Waals surface area contributed by atoms with Gasteiger partial charge in [0.1, 0.15) is 34.6 Å². The van der Waals surface area contributed by atoms with Crippen LogP contribution in [0.1, 0.15) is 11.4 Å². The number of aromatic nitrogens is 2. The molecule has 1 heterocycles. The maximum absolute atomic E-state index is 13.3. The van der Waals surface area contributed by atoms with E-state index < -0.39 is 0 Å². The van der Waals surface area contributed by atoms with Gasteiger partial charge in [0, 0.05) is 18.6 Å². The van der Waals surface area contributed by atoms with Crippen molar-refractivity contribution in [3.63, 3.8) is 0 Å². The van der Waals surface area contributed by atoms with E-state index in [2.05, 4.69) is 4.57 Å². The highest BCUT2D eigenvalue weighted by Gasteiger charge is 2.23. The van der Waals surface area contributed by atoms with E-state index in [1.54, 1.807) is 18.8 Å². The number of hydrogen-bond acceptors (Lipinski definition) is 3. The van der Waals surface area contributed by atoms with E-state index in [0.717, 1.165) is 34.1 Å². The molecule has 146 valence electrons. The molecule has 1 aromatic heterocycles. The number of nitrogens with zero attached hydrogens (tertiary/aromatic N) is 2. The summed E-state index contributed by atoms with van der Waals surface area (Å²) in [6.45, 7) is 2.53. The van der Waals surface area contributed by atoms with E-state index in [1.165, 1.54) is 0 Å². The number of hydrogen-bond donors (Lipinski definition) is 0. The zero-order chi connectivity index (χ0) is 20.4. The quantitative estimate of drug-likeness (QED) is 0.491. The van der Waals surface area contributed by atoms with E-state index in [1.807, 2.05) is 79.7 Å². The summed E-state index contributed by atoms with van der Waals surface area (Å²) in [4.78, 5) is 13.3. The van der Waals surface area contributed by atoms with Crippen LogP contribution in [-0.4, -0.2) is 18.8 Å². The summed E-state index contributed by atoms with van der Waals surface area (Å²) in [5, 5.41) is 0.675. The number of benzene rings is 3. The van der Waals surface area contributed by atoms with Gasteiger partial charge in [-0.2, -0.15) is 4.57 Å². The molecule has 4 aromatic rings. The smallest absolute Gasteiger partial charge is 0.350 e. The molecule has 0 amide bonds. The van der Waals surface area contributed by atoms with Crippen molar-refractivity contribution < 1.29 is 14.0 Å². The van der Waals surface area contributed by atoms with Gasteiger partial charge in [-0.05, 0) is 36.4 Å². The van der Waals surface area contributed by atoms with Crippen LogP contribution in [0.15, 0.2) is 77.6 Å². The highest BCUT2D eigenvalue weighted by molar-refractivity contribution is 5.74. The molecule has 3 aromatic carbocycles. The lowest BCUT2D eigenvalue weighted by atomic mass is 10.1. The number of methoxy groups -OCH3 is 2. The molecular formula is C24H23N2O3+. The minimum Gasteiger partial charge on any atom is -0.497 e. The van der Waals surface area contributed by atoms with Crippen LogP contribution in [0.25, 0.3) is 16.6 Å². The molecule has 5 heteroatoms. The number of rotatable bonds is 5. The molecule has 0 spiro atoms. The van der Waals surface area contributed by atoms with Gasteiger partial charge in [0.05, 0.1) is 14.2 Å². The fourth-order valence-corrected chi connectivity index (χ4v) is 3.69. The van der Waals surface area contributed by atoms with Gasteiger partial charge in [-0.3, -0.25) is 0 Å². The van der Waals surface area contributed by atoms with Gasteiger partial charge >= 0.3 is 5.56 Å². The van der Waals surface area contributed by atoms with Crippen molar-refractivity contribution in [1.29, 1.82) is 0 Å². The number of fused-ring (bicyclic) bond motifs is 1. The molecule has 0 aliphatic carbocycles. The second-order valence-electron chi connectivity index (χ2n) is 6.80. The number of ether oxygens (including phenoxy) is 2. The highest BCUT2D eigenvalue weighted by Crippen LogP contribution is 2.25. The van der Waals surface area contributed by atoms with Crippen LogP contribution >= 0.6 is 0 Å². The lowest BCUT2D eigenvalue weighted by Gasteiger charge is -2.14. The van der Waals surface area contributed by atoms with E-state index in [-0.39, 0.29) is 5.56 Å². The van der Waals surface area contributed by atoms with E-state index >= 15 is 0 Å². The van der Waals surface area contributed by atoms with Crippen LogP contribution in [0, 0.1) is 6.92 Å². The Labute approximate surface area is 169 Å². The maximum atomic E-state index is 13.3. The van der Waals surface area contributed by atoms with Crippen LogP contribution in [0.4, 0.5) is 0 Å². The van der Waals surface area contributed by atoms with Crippen molar-refractivity contribution in [2.45, 2.75) is 13.5 Å². The van der Waals surface area contributed by atoms with Gasteiger partial charge in [-0.1, -0.05) is 30.3 Å². The first-order chi connectivity index (χ1) is 14.1. The van der Waals surface area contributed by atoms with Gasteiger partial charge in [0.2, 0.25) is 0 Å². The molecule has 0 aliphatic rings. The average Bonchev–Trinajstić information content (AvgIpc) is 2.77. The zero-order valence-electron chi connectivity index (χ0n) is 16.8. The Hall–Kier alpha value is -3.60. The molecule has 0 aliphatic heterocycles. The third-order valence-electron chi connectivity index (χ3n) is 5.18. The lowest BCUT2D eigenvalue weighted by Crippen LogP contribution is -2.45. The minimum atomic E-state index is -0.0257. The predicted octanol–water partition coefficient (Wildman–Crippen LogP) is 3.65. The van der Waals surface area contributed by atoms with Crippen LogP contribution in [0.5, 0.6) is 11.5 Å². The number of para-hydroxylation sites is 2. The normalized spacial score (nSPS) is 10.9. The Kier molecular flexibility index (Phi) is 5.04. The topological polar surface area (TPSA) is 44.3 Å². The molecule has 0 saturated heterocycles. The van der Waals surface area contributed by atoms with Crippen molar-refractivity contribution in [3.8, 4) is 17.2 Å². The van der Waals surface area contributed by atoms with Gasteiger partial charge in [0.15, 0.2) is 0 Å². The standard InChI is InChI=1S/C24H23N2O3/c1-17-25(16-18-13-14-20(28-2)15-23(18)29-3)22-12-8-7-11-21(22)24(27)26(17)19-9-5-4-6-10-19/h4-15H,16H2,1-3H3/q+1. The third kappa shape index (κ3) is 3.36. The monoisotopic (exact) mass is 387 g/mol. The van der Waals surface area contributed by atoms with Crippen LogP contribution in [0.2, 0.25) is 0 Å². The summed E-state index contributed by atoms with van der Waals surface area (Å²) < 4.78 is 14.8. The second-order valence-corrected chi connectivity index (χ2v) is 6.80. The molecule has 0 atom stereocenters. The largest absolute Gasteiger partial charge is 0.497 e. The fraction of sp³-hybridized carbons (Fsp3) is 0.167. The van der Waals surface area contributed by atoms with Crippen molar-refractivity contribution in [2.24, 2.45) is 0 Å². The average molecular weight is 387 g/mol. The highest BCUT2D eigenvalue weighted by atomic mass is 16.5. The van der Waals surface area contributed by atoms with Crippen LogP contribution in [-0.2, 0) is 6.54 Å². The van der Waals surface area contributed by atoms with E-state index in [4.69, 9.17) is 9.47 Å². The van der Waals surface area contributed by atoms with Crippen LogP contribution < -0.4 is 19.6 Å². The van der Waals surface area contributed by atoms with Gasteiger partial charge in [-0.15, -0.1) is 0 Å². The summed E-state index contributed by atoms with van der Waals surface area (Å²) in [5.74, 6) is 2.34. The molecule has 4 rings (SSSR count). The molecule has 0 N–H and O–H groups in total. The van der Waals surface area contributed by atoms with Crippen molar-refractivity contribution in [1.82, 2.24) is 4.57 Å². The first kappa shape index (κ1) is 18.7. The Balaban J connectivity index is 1.97. The molecule has 0 bridgehead atoms. The Bertz CT molecular complexity index is 1230. The van der Waals surface area contributed by atoms with Crippen LogP contribution in [0.3, 0.4) is 0 Å². The Morgan fingerprint density at radius 3 is 2.34 bits per heavy atom. The maximum Gasteiger partial charge on any atom is 0.350 e. The summed E-state index contributed by atoms with van der Waals surface area (Å²) in [6.07, 6.45) is 0. The zero-order valence-corrected chi connectivity index (χ0v) is 16.8. The molecule has 0 saturated carbocycles. The fourth-order valence-electron chi connectivity index (χ4n) is 3.69. The first-order valence-corrected chi connectivity index (χ1v) is 9.44. The van der Waals surface area contributed by atoms with Gasteiger partial charge < -0.3 is 9.47 Å². The van der Waals surface area contributed by atoms with E-state index in [0.29, 0.717) is 11.9 Å². The predicted molar refractivity (Wildman–Crippen MR) is 113 cm³/mol. The Morgan fingerprint density at radius 2 is 1.62 bits per heavy atom. The summed E-state index contributed by atoms with van der Waals surface area (Å²) >= 11 is 0. The van der Waals surface area contributed by atoms with Crippen molar-refractivity contribution in [2.75, 3.05) is 14.2 Å². The third-order valence-corrected chi connectivity index (χ3v) is 5.18. The molecule has 0 unspecified atom stereocenters. The van der Waals surface area contributed by atoms with Crippen molar-refractivity contribution in [3.05, 3.63) is 94.5 Å². The molecule has 0 fully saturated rings. The SMILES string of the molecule is COc1ccc(C[n+]2c(C)n(-c3ccccc3)c(=O)c3ccccc32)c(OC)c1. The molecule has 0 radical (unpaired) electrons. The first-order valence-electron chi connectivity index (χ1n) is 9.44. The minimum absolute atomic E-state index is 0.0257. The summed E-state index contributed by atoms with van der Waals surface area (Å²) in [5.41, 5.74) is 2.71. The summed E-state index contributed by atoms with van der Waals surface area (Å²) in [6, 6.07) is 23.2. The van der Waals surface area contributed by atoms with Crippen molar-refractivity contribution >= 4 is 10.9 Å². The van der Waals surface area contributed by atoms with Gasteiger partial charge in [-0.25, -0.2) is 9.36 Å². The molecule has 29 heavy (non-hydrogen) atoms.